The Kier molecular flexibility index (Phi) is 3.25. The molecule has 1 heteroatoms. The van der Waals surface area contributed by atoms with Crippen molar-refractivity contribution in [1.29, 1.82) is 0 Å². The van der Waals surface area contributed by atoms with Crippen LogP contribution >= 0.6 is 15.9 Å². The fourth-order valence-electron chi connectivity index (χ4n) is 5.60. The lowest BCUT2D eigenvalue weighted by Crippen LogP contribution is -2.46. The predicted octanol–water partition coefficient (Wildman–Crippen LogP) is 5.81. The van der Waals surface area contributed by atoms with E-state index in [0.717, 1.165) is 29.6 Å². The molecule has 20 heavy (non-hydrogen) atoms. The van der Waals surface area contributed by atoms with E-state index >= 15 is 0 Å². The summed E-state index contributed by atoms with van der Waals surface area (Å²) in [6.45, 7) is 4.46. The summed E-state index contributed by atoms with van der Waals surface area (Å²) in [6.07, 6.45) is 7.63. The van der Waals surface area contributed by atoms with Crippen LogP contribution in [0.4, 0.5) is 0 Å². The molecule has 0 nitrogen and oxygen atoms in total. The molecule has 1 atom stereocenters. The molecule has 108 valence electrons. The third-order valence-electron chi connectivity index (χ3n) is 6.49. The Morgan fingerprint density at radius 2 is 1.50 bits per heavy atom. The van der Waals surface area contributed by atoms with Gasteiger partial charge < -0.3 is 0 Å². The first-order valence-corrected chi connectivity index (χ1v) is 9.24. The normalized spacial score (nSPS) is 40.0. The van der Waals surface area contributed by atoms with Crippen LogP contribution in [0.3, 0.4) is 0 Å². The highest BCUT2D eigenvalue weighted by molar-refractivity contribution is 9.09. The molecule has 0 aromatic heterocycles. The molecule has 1 aromatic rings. The number of halogens is 1. The van der Waals surface area contributed by atoms with Crippen molar-refractivity contribution < 1.29 is 0 Å². The number of hydrogen-bond acceptors (Lipinski definition) is 0. The van der Waals surface area contributed by atoms with Crippen molar-refractivity contribution in [2.75, 3.05) is 0 Å². The van der Waals surface area contributed by atoms with E-state index in [1.807, 2.05) is 0 Å². The minimum absolute atomic E-state index is 0.580. The Balaban J connectivity index is 1.62. The van der Waals surface area contributed by atoms with Crippen molar-refractivity contribution in [3.8, 4) is 0 Å². The highest BCUT2D eigenvalue weighted by Gasteiger charge is 2.50. The lowest BCUT2D eigenvalue weighted by molar-refractivity contribution is -0.0364. The van der Waals surface area contributed by atoms with Crippen LogP contribution in [0.25, 0.3) is 0 Å². The molecular weight excluding hydrogens is 308 g/mol. The van der Waals surface area contributed by atoms with Crippen LogP contribution < -0.4 is 0 Å². The lowest BCUT2D eigenvalue weighted by Gasteiger charge is -2.55. The van der Waals surface area contributed by atoms with E-state index in [-0.39, 0.29) is 0 Å². The van der Waals surface area contributed by atoms with Crippen LogP contribution in [-0.2, 0) is 0 Å². The minimum Gasteiger partial charge on any atom is -0.0836 e. The zero-order chi connectivity index (χ0) is 13.9. The third kappa shape index (κ3) is 2.08. The van der Waals surface area contributed by atoms with Crippen LogP contribution in [0.5, 0.6) is 0 Å². The Bertz CT molecular complexity index is 490. The van der Waals surface area contributed by atoms with Gasteiger partial charge in [-0.15, -0.1) is 0 Å². The number of alkyl halides is 1. The molecular formula is C19H25Br. The van der Waals surface area contributed by atoms with Crippen LogP contribution in [0.1, 0.15) is 53.6 Å². The first-order valence-electron chi connectivity index (χ1n) is 8.33. The van der Waals surface area contributed by atoms with Gasteiger partial charge >= 0.3 is 0 Å². The van der Waals surface area contributed by atoms with Gasteiger partial charge in [-0.1, -0.05) is 34.1 Å². The second kappa shape index (κ2) is 4.87. The van der Waals surface area contributed by atoms with E-state index < -0.39 is 0 Å². The molecule has 4 aliphatic carbocycles. The zero-order valence-corrected chi connectivity index (χ0v) is 14.2. The minimum atomic E-state index is 0.580. The molecule has 0 heterocycles. The van der Waals surface area contributed by atoms with Gasteiger partial charge in [-0.25, -0.2) is 0 Å². The van der Waals surface area contributed by atoms with E-state index in [2.05, 4.69) is 48.0 Å². The average molecular weight is 333 g/mol. The molecule has 0 saturated heterocycles. The summed E-state index contributed by atoms with van der Waals surface area (Å²) in [5.41, 5.74) is 4.37. The summed E-state index contributed by atoms with van der Waals surface area (Å²) in [5.74, 6) is 5.04. The molecule has 4 aliphatic rings. The molecule has 0 radical (unpaired) electrons. The standard InChI is InChI=1S/C19H25Br/c1-11-3-4-15(5-12(11)2)19(20)18-16-7-13-6-14(9-16)10-17(18)8-13/h3-5,13-14,16-19H,6-10H2,1-2H3. The number of aryl methyl sites for hydroxylation is 2. The van der Waals surface area contributed by atoms with Crippen molar-refractivity contribution in [3.63, 3.8) is 0 Å². The first kappa shape index (κ1) is 13.4. The van der Waals surface area contributed by atoms with Gasteiger partial charge in [0, 0.05) is 4.83 Å². The number of hydrogen-bond donors (Lipinski definition) is 0. The van der Waals surface area contributed by atoms with Crippen LogP contribution in [-0.4, -0.2) is 0 Å². The van der Waals surface area contributed by atoms with Crippen molar-refractivity contribution in [3.05, 3.63) is 34.9 Å². The van der Waals surface area contributed by atoms with Gasteiger partial charge in [0.2, 0.25) is 0 Å². The van der Waals surface area contributed by atoms with Gasteiger partial charge in [0.05, 0.1) is 0 Å². The van der Waals surface area contributed by atoms with Crippen molar-refractivity contribution in [1.82, 2.24) is 0 Å². The average Bonchev–Trinajstić information content (AvgIpc) is 2.40. The maximum atomic E-state index is 4.10. The SMILES string of the molecule is Cc1ccc(C(Br)C2C3CC4CC(C3)CC2C4)cc1C. The van der Waals surface area contributed by atoms with Gasteiger partial charge in [-0.3, -0.25) is 0 Å². The maximum absolute atomic E-state index is 4.10. The van der Waals surface area contributed by atoms with E-state index in [1.165, 1.54) is 42.4 Å². The van der Waals surface area contributed by atoms with E-state index in [4.69, 9.17) is 0 Å². The Labute approximate surface area is 131 Å². The molecule has 0 aliphatic heterocycles. The summed E-state index contributed by atoms with van der Waals surface area (Å²) in [5, 5.41) is 0. The number of benzene rings is 1. The fraction of sp³-hybridized carbons (Fsp3) is 0.684. The summed E-state index contributed by atoms with van der Waals surface area (Å²) >= 11 is 4.10. The predicted molar refractivity (Wildman–Crippen MR) is 88.1 cm³/mol. The monoisotopic (exact) mass is 332 g/mol. The van der Waals surface area contributed by atoms with Crippen molar-refractivity contribution in [2.45, 2.75) is 50.8 Å². The van der Waals surface area contributed by atoms with Gasteiger partial charge in [0.15, 0.2) is 0 Å². The molecule has 1 aromatic carbocycles. The van der Waals surface area contributed by atoms with Gasteiger partial charge in [-0.2, -0.15) is 0 Å². The van der Waals surface area contributed by atoms with Gasteiger partial charge in [0.1, 0.15) is 0 Å². The van der Waals surface area contributed by atoms with E-state index in [9.17, 15) is 0 Å². The zero-order valence-electron chi connectivity index (χ0n) is 12.6. The first-order chi connectivity index (χ1) is 9.61. The van der Waals surface area contributed by atoms with Gasteiger partial charge in [-0.05, 0) is 92.2 Å². The Hall–Kier alpha value is -0.300. The lowest BCUT2D eigenvalue weighted by atomic mass is 9.51. The molecule has 0 amide bonds. The van der Waals surface area contributed by atoms with E-state index in [0.29, 0.717) is 4.83 Å². The largest absolute Gasteiger partial charge is 0.0836 e. The molecule has 1 unspecified atom stereocenters. The van der Waals surface area contributed by atoms with Crippen molar-refractivity contribution >= 4 is 15.9 Å². The second-order valence-corrected chi connectivity index (χ2v) is 8.74. The second-order valence-electron chi connectivity index (χ2n) is 7.75. The summed E-state index contributed by atoms with van der Waals surface area (Å²) < 4.78 is 0. The summed E-state index contributed by atoms with van der Waals surface area (Å²) in [4.78, 5) is 0.580. The van der Waals surface area contributed by atoms with Crippen molar-refractivity contribution in [2.24, 2.45) is 29.6 Å². The maximum Gasteiger partial charge on any atom is 0.0428 e. The molecule has 4 bridgehead atoms. The highest BCUT2D eigenvalue weighted by Crippen LogP contribution is 2.60. The molecule has 4 saturated carbocycles. The number of rotatable bonds is 2. The Morgan fingerprint density at radius 1 is 0.900 bits per heavy atom. The van der Waals surface area contributed by atoms with E-state index in [1.54, 1.807) is 6.42 Å². The van der Waals surface area contributed by atoms with Gasteiger partial charge in [0.25, 0.3) is 0 Å². The summed E-state index contributed by atoms with van der Waals surface area (Å²) in [6, 6.07) is 7.07. The van der Waals surface area contributed by atoms with Crippen LogP contribution in [0, 0.1) is 43.4 Å². The molecule has 0 spiro atoms. The fourth-order valence-corrected chi connectivity index (χ4v) is 6.75. The Morgan fingerprint density at radius 3 is 2.05 bits per heavy atom. The highest BCUT2D eigenvalue weighted by atomic mass is 79.9. The molecule has 0 N–H and O–H groups in total. The smallest absolute Gasteiger partial charge is 0.0428 e. The third-order valence-corrected chi connectivity index (χ3v) is 7.63. The topological polar surface area (TPSA) is 0 Å². The van der Waals surface area contributed by atoms with Crippen LogP contribution in [0.2, 0.25) is 0 Å². The summed E-state index contributed by atoms with van der Waals surface area (Å²) in [7, 11) is 0. The molecule has 5 rings (SSSR count). The van der Waals surface area contributed by atoms with Crippen LogP contribution in [0.15, 0.2) is 18.2 Å². The quantitative estimate of drug-likeness (QED) is 0.599. The molecule has 4 fully saturated rings.